The number of benzene rings is 1. The molecule has 0 saturated heterocycles. The second-order valence-corrected chi connectivity index (χ2v) is 5.57. The summed E-state index contributed by atoms with van der Waals surface area (Å²) in [6, 6.07) is 9.65. The molecule has 0 bridgehead atoms. The van der Waals surface area contributed by atoms with Crippen LogP contribution in [0.2, 0.25) is 0 Å². The molecule has 2 N–H and O–H groups in total. The number of carbonyl (C=O) groups is 1. The van der Waals surface area contributed by atoms with E-state index in [-0.39, 0.29) is 5.91 Å². The summed E-state index contributed by atoms with van der Waals surface area (Å²) >= 11 is 0. The van der Waals surface area contributed by atoms with Gasteiger partial charge >= 0.3 is 0 Å². The SMILES string of the molecule is CCCCN(CCCC)C(=O)C(C)(N)c1ccccc1. The lowest BCUT2D eigenvalue weighted by atomic mass is 9.91. The summed E-state index contributed by atoms with van der Waals surface area (Å²) in [5, 5.41) is 0. The molecule has 3 heteroatoms. The van der Waals surface area contributed by atoms with Crippen LogP contribution in [-0.4, -0.2) is 23.9 Å². The van der Waals surface area contributed by atoms with E-state index < -0.39 is 5.54 Å². The Balaban J connectivity index is 2.86. The van der Waals surface area contributed by atoms with Crippen LogP contribution < -0.4 is 5.73 Å². The van der Waals surface area contributed by atoms with Crippen molar-refractivity contribution in [3.8, 4) is 0 Å². The highest BCUT2D eigenvalue weighted by atomic mass is 16.2. The predicted molar refractivity (Wildman–Crippen MR) is 84.4 cm³/mol. The Morgan fingerprint density at radius 2 is 1.60 bits per heavy atom. The maximum Gasteiger partial charge on any atom is 0.246 e. The van der Waals surface area contributed by atoms with Crippen LogP contribution in [0.25, 0.3) is 0 Å². The van der Waals surface area contributed by atoms with Crippen LogP contribution in [0.5, 0.6) is 0 Å². The molecule has 1 aromatic carbocycles. The molecule has 0 aliphatic heterocycles. The smallest absolute Gasteiger partial charge is 0.246 e. The summed E-state index contributed by atoms with van der Waals surface area (Å²) < 4.78 is 0. The molecular formula is C17H28N2O. The molecule has 3 nitrogen and oxygen atoms in total. The Morgan fingerprint density at radius 1 is 1.10 bits per heavy atom. The fourth-order valence-corrected chi connectivity index (χ4v) is 2.25. The summed E-state index contributed by atoms with van der Waals surface area (Å²) in [5.41, 5.74) is 6.27. The van der Waals surface area contributed by atoms with E-state index in [9.17, 15) is 4.79 Å². The zero-order valence-electron chi connectivity index (χ0n) is 13.1. The van der Waals surface area contributed by atoms with E-state index >= 15 is 0 Å². The molecule has 0 saturated carbocycles. The predicted octanol–water partition coefficient (Wildman–Crippen LogP) is 3.29. The highest BCUT2D eigenvalue weighted by Gasteiger charge is 2.33. The molecule has 0 heterocycles. The van der Waals surface area contributed by atoms with E-state index in [1.165, 1.54) is 0 Å². The number of hydrogen-bond donors (Lipinski definition) is 1. The van der Waals surface area contributed by atoms with Gasteiger partial charge in [0.1, 0.15) is 5.54 Å². The third kappa shape index (κ3) is 4.34. The summed E-state index contributed by atoms with van der Waals surface area (Å²) in [4.78, 5) is 14.7. The van der Waals surface area contributed by atoms with Crippen molar-refractivity contribution in [3.63, 3.8) is 0 Å². The molecule has 1 unspecified atom stereocenters. The van der Waals surface area contributed by atoms with Gasteiger partial charge in [-0.05, 0) is 25.3 Å². The van der Waals surface area contributed by atoms with Gasteiger partial charge in [0.25, 0.3) is 0 Å². The van der Waals surface area contributed by atoms with E-state index in [0.29, 0.717) is 0 Å². The number of nitrogens with zero attached hydrogens (tertiary/aromatic N) is 1. The van der Waals surface area contributed by atoms with Gasteiger partial charge in [0.15, 0.2) is 0 Å². The lowest BCUT2D eigenvalue weighted by Crippen LogP contribution is -2.51. The van der Waals surface area contributed by atoms with Gasteiger partial charge in [0.05, 0.1) is 0 Å². The number of rotatable bonds is 8. The van der Waals surface area contributed by atoms with Gasteiger partial charge < -0.3 is 10.6 Å². The number of nitrogens with two attached hydrogens (primary N) is 1. The minimum Gasteiger partial charge on any atom is -0.341 e. The lowest BCUT2D eigenvalue weighted by Gasteiger charge is -2.32. The van der Waals surface area contributed by atoms with Crippen LogP contribution in [-0.2, 0) is 10.3 Å². The third-order valence-electron chi connectivity index (χ3n) is 3.67. The Morgan fingerprint density at radius 3 is 2.05 bits per heavy atom. The minimum atomic E-state index is -0.942. The zero-order valence-corrected chi connectivity index (χ0v) is 13.1. The van der Waals surface area contributed by atoms with E-state index in [0.717, 1.165) is 44.3 Å². The summed E-state index contributed by atoms with van der Waals surface area (Å²) in [6.45, 7) is 7.70. The van der Waals surface area contributed by atoms with Crippen molar-refractivity contribution in [2.24, 2.45) is 5.73 Å². The average Bonchev–Trinajstić information content (AvgIpc) is 2.47. The largest absolute Gasteiger partial charge is 0.341 e. The monoisotopic (exact) mass is 276 g/mol. The standard InChI is InChI=1S/C17H28N2O/c1-4-6-13-19(14-7-5-2)16(20)17(3,18)15-11-9-8-10-12-15/h8-12H,4-7,13-14,18H2,1-3H3. The van der Waals surface area contributed by atoms with E-state index in [1.54, 1.807) is 0 Å². The lowest BCUT2D eigenvalue weighted by molar-refractivity contribution is -0.137. The molecule has 1 amide bonds. The highest BCUT2D eigenvalue weighted by Crippen LogP contribution is 2.21. The van der Waals surface area contributed by atoms with Crippen molar-refractivity contribution < 1.29 is 4.79 Å². The minimum absolute atomic E-state index is 0.0330. The van der Waals surface area contributed by atoms with Gasteiger partial charge in [0, 0.05) is 13.1 Å². The van der Waals surface area contributed by atoms with Crippen LogP contribution in [0.15, 0.2) is 30.3 Å². The van der Waals surface area contributed by atoms with E-state index in [2.05, 4.69) is 13.8 Å². The summed E-state index contributed by atoms with van der Waals surface area (Å²) in [6.07, 6.45) is 4.23. The first kappa shape index (κ1) is 16.7. The second kappa shape index (κ2) is 8.05. The summed E-state index contributed by atoms with van der Waals surface area (Å²) in [5.74, 6) is 0.0330. The zero-order chi connectivity index (χ0) is 15.0. The molecule has 0 spiro atoms. The van der Waals surface area contributed by atoms with Crippen molar-refractivity contribution in [1.29, 1.82) is 0 Å². The molecule has 1 rings (SSSR count). The van der Waals surface area contributed by atoms with Gasteiger partial charge in [-0.2, -0.15) is 0 Å². The number of hydrogen-bond acceptors (Lipinski definition) is 2. The van der Waals surface area contributed by atoms with Gasteiger partial charge in [0.2, 0.25) is 5.91 Å². The molecule has 0 aromatic heterocycles. The average molecular weight is 276 g/mol. The number of amides is 1. The Labute approximate surface area is 123 Å². The molecule has 112 valence electrons. The van der Waals surface area contributed by atoms with Crippen LogP contribution in [0.4, 0.5) is 0 Å². The maximum absolute atomic E-state index is 12.8. The van der Waals surface area contributed by atoms with Crippen molar-refractivity contribution >= 4 is 5.91 Å². The molecule has 1 aromatic rings. The number of unbranched alkanes of at least 4 members (excludes halogenated alkanes) is 2. The normalized spacial score (nSPS) is 13.8. The Bertz CT molecular complexity index is 393. The van der Waals surface area contributed by atoms with Crippen LogP contribution in [0.3, 0.4) is 0 Å². The van der Waals surface area contributed by atoms with E-state index in [1.807, 2.05) is 42.2 Å². The molecular weight excluding hydrogens is 248 g/mol. The molecule has 0 fully saturated rings. The topological polar surface area (TPSA) is 46.3 Å². The third-order valence-corrected chi connectivity index (χ3v) is 3.67. The number of carbonyl (C=O) groups excluding carboxylic acids is 1. The quantitative estimate of drug-likeness (QED) is 0.792. The fraction of sp³-hybridized carbons (Fsp3) is 0.588. The van der Waals surface area contributed by atoms with Gasteiger partial charge in [-0.15, -0.1) is 0 Å². The van der Waals surface area contributed by atoms with Crippen molar-refractivity contribution in [3.05, 3.63) is 35.9 Å². The first-order chi connectivity index (χ1) is 9.54. The fourth-order valence-electron chi connectivity index (χ4n) is 2.25. The second-order valence-electron chi connectivity index (χ2n) is 5.57. The molecule has 20 heavy (non-hydrogen) atoms. The molecule has 0 aliphatic rings. The van der Waals surface area contributed by atoms with Crippen molar-refractivity contribution in [1.82, 2.24) is 4.90 Å². The summed E-state index contributed by atoms with van der Waals surface area (Å²) in [7, 11) is 0. The molecule has 0 radical (unpaired) electrons. The maximum atomic E-state index is 12.8. The van der Waals surface area contributed by atoms with Gasteiger partial charge in [-0.1, -0.05) is 57.0 Å². The van der Waals surface area contributed by atoms with Gasteiger partial charge in [-0.25, -0.2) is 0 Å². The van der Waals surface area contributed by atoms with Crippen LogP contribution in [0, 0.1) is 0 Å². The molecule has 0 aliphatic carbocycles. The van der Waals surface area contributed by atoms with Crippen molar-refractivity contribution in [2.45, 2.75) is 52.0 Å². The Hall–Kier alpha value is -1.35. The van der Waals surface area contributed by atoms with Crippen LogP contribution >= 0.6 is 0 Å². The van der Waals surface area contributed by atoms with Crippen molar-refractivity contribution in [2.75, 3.05) is 13.1 Å². The first-order valence-electron chi connectivity index (χ1n) is 7.67. The van der Waals surface area contributed by atoms with Gasteiger partial charge in [-0.3, -0.25) is 4.79 Å². The Kier molecular flexibility index (Phi) is 6.73. The molecule has 1 atom stereocenters. The highest BCUT2D eigenvalue weighted by molar-refractivity contribution is 5.87. The first-order valence-corrected chi connectivity index (χ1v) is 7.67. The van der Waals surface area contributed by atoms with E-state index in [4.69, 9.17) is 5.73 Å². The van der Waals surface area contributed by atoms with Crippen LogP contribution in [0.1, 0.15) is 52.0 Å².